The number of anilines is 1. The number of aliphatic hydroxyl groups is 1. The predicted molar refractivity (Wildman–Crippen MR) is 67.2 cm³/mol. The number of amides is 2. The Hall–Kier alpha value is -1.33. The van der Waals surface area contributed by atoms with E-state index in [0.29, 0.717) is 18.7 Å². The monoisotopic (exact) mass is 257 g/mol. The molecule has 0 saturated heterocycles. The Morgan fingerprint density at radius 2 is 2.41 bits per heavy atom. The molecule has 17 heavy (non-hydrogen) atoms. The summed E-state index contributed by atoms with van der Waals surface area (Å²) in [5.41, 5.74) is 0.475. The quantitative estimate of drug-likeness (QED) is 0.811. The van der Waals surface area contributed by atoms with Crippen molar-refractivity contribution in [3.8, 4) is 0 Å². The van der Waals surface area contributed by atoms with Crippen molar-refractivity contribution in [2.45, 2.75) is 19.4 Å². The topological polar surface area (TPSA) is 65.5 Å². The van der Waals surface area contributed by atoms with Gasteiger partial charge in [-0.3, -0.25) is 0 Å². The molecule has 0 fully saturated rings. The summed E-state index contributed by atoms with van der Waals surface area (Å²) in [6.07, 6.45) is 1.66. The molecular weight excluding hydrogens is 242 g/mol. The van der Waals surface area contributed by atoms with Gasteiger partial charge in [-0.15, -0.1) is 0 Å². The number of aromatic nitrogens is 1. The maximum atomic E-state index is 11.7. The van der Waals surface area contributed by atoms with Crippen LogP contribution in [0.25, 0.3) is 0 Å². The van der Waals surface area contributed by atoms with Crippen molar-refractivity contribution in [1.29, 1.82) is 0 Å². The van der Waals surface area contributed by atoms with Gasteiger partial charge < -0.3 is 15.3 Å². The summed E-state index contributed by atoms with van der Waals surface area (Å²) in [5.74, 6) is 0. The standard InChI is InChI=1S/C11H16ClN3O2/c1-8(16)5-7-15(2)11(17)14-9-4-3-6-13-10(9)12/h3-4,6,8,16H,5,7H2,1-2H3,(H,14,17). The summed E-state index contributed by atoms with van der Waals surface area (Å²) in [7, 11) is 1.65. The molecular formula is C11H16ClN3O2. The number of pyridine rings is 1. The SMILES string of the molecule is CC(O)CCN(C)C(=O)Nc1cccnc1Cl. The molecule has 0 aliphatic carbocycles. The lowest BCUT2D eigenvalue weighted by atomic mass is 10.3. The first kappa shape index (κ1) is 13.7. The van der Waals surface area contributed by atoms with E-state index < -0.39 is 6.10 Å². The molecule has 2 amide bonds. The number of urea groups is 1. The second-order valence-electron chi connectivity index (χ2n) is 3.83. The van der Waals surface area contributed by atoms with Crippen LogP contribution in [-0.2, 0) is 0 Å². The van der Waals surface area contributed by atoms with E-state index in [4.69, 9.17) is 16.7 Å². The smallest absolute Gasteiger partial charge is 0.321 e. The number of nitrogens with one attached hydrogen (secondary N) is 1. The van der Waals surface area contributed by atoms with Crippen molar-refractivity contribution in [3.63, 3.8) is 0 Å². The first-order chi connectivity index (χ1) is 8.00. The molecule has 0 saturated carbocycles. The van der Waals surface area contributed by atoms with Crippen molar-refractivity contribution in [2.24, 2.45) is 0 Å². The van der Waals surface area contributed by atoms with Gasteiger partial charge in [-0.2, -0.15) is 0 Å². The molecule has 1 rings (SSSR count). The molecule has 2 N–H and O–H groups in total. The summed E-state index contributed by atoms with van der Waals surface area (Å²) in [6, 6.07) is 3.09. The molecule has 0 bridgehead atoms. The zero-order valence-corrected chi connectivity index (χ0v) is 10.6. The van der Waals surface area contributed by atoms with E-state index >= 15 is 0 Å². The van der Waals surface area contributed by atoms with Gasteiger partial charge in [-0.25, -0.2) is 9.78 Å². The minimum absolute atomic E-state index is 0.254. The molecule has 1 atom stereocenters. The highest BCUT2D eigenvalue weighted by atomic mass is 35.5. The number of aliphatic hydroxyl groups excluding tert-OH is 1. The van der Waals surface area contributed by atoms with E-state index in [9.17, 15) is 4.79 Å². The van der Waals surface area contributed by atoms with Crippen LogP contribution in [0.1, 0.15) is 13.3 Å². The molecule has 1 aromatic heterocycles. The normalized spacial score (nSPS) is 12.0. The summed E-state index contributed by atoms with van der Waals surface area (Å²) in [5, 5.41) is 12.0. The first-order valence-corrected chi connectivity index (χ1v) is 5.69. The average Bonchev–Trinajstić information content (AvgIpc) is 2.28. The number of carbonyl (C=O) groups is 1. The van der Waals surface area contributed by atoms with Crippen molar-refractivity contribution in [3.05, 3.63) is 23.5 Å². The molecule has 94 valence electrons. The predicted octanol–water partition coefficient (Wildman–Crippen LogP) is 1.97. The van der Waals surface area contributed by atoms with Crippen LogP contribution in [0.2, 0.25) is 5.15 Å². The minimum atomic E-state index is -0.424. The van der Waals surface area contributed by atoms with E-state index in [1.54, 1.807) is 32.3 Å². The molecule has 0 aromatic carbocycles. The Balaban J connectivity index is 2.52. The third kappa shape index (κ3) is 4.58. The number of hydrogen-bond acceptors (Lipinski definition) is 3. The zero-order chi connectivity index (χ0) is 12.8. The van der Waals surface area contributed by atoms with Crippen LogP contribution < -0.4 is 5.32 Å². The fraction of sp³-hybridized carbons (Fsp3) is 0.455. The van der Waals surface area contributed by atoms with Crippen LogP contribution in [0.15, 0.2) is 18.3 Å². The van der Waals surface area contributed by atoms with E-state index in [2.05, 4.69) is 10.3 Å². The van der Waals surface area contributed by atoms with Gasteiger partial charge in [0.2, 0.25) is 0 Å². The van der Waals surface area contributed by atoms with Gasteiger partial charge in [0.25, 0.3) is 0 Å². The fourth-order valence-corrected chi connectivity index (χ4v) is 1.34. The highest BCUT2D eigenvalue weighted by Crippen LogP contribution is 2.17. The summed E-state index contributed by atoms with van der Waals surface area (Å²) in [4.78, 5) is 17.1. The number of hydrogen-bond donors (Lipinski definition) is 2. The molecule has 0 aliphatic heterocycles. The zero-order valence-electron chi connectivity index (χ0n) is 9.85. The maximum absolute atomic E-state index is 11.7. The fourth-order valence-electron chi connectivity index (χ4n) is 1.17. The molecule has 1 unspecified atom stereocenters. The average molecular weight is 258 g/mol. The first-order valence-electron chi connectivity index (χ1n) is 5.31. The van der Waals surface area contributed by atoms with Gasteiger partial charge in [0, 0.05) is 19.8 Å². The third-order valence-electron chi connectivity index (χ3n) is 2.23. The third-order valence-corrected chi connectivity index (χ3v) is 2.53. The molecule has 1 aromatic rings. The van der Waals surface area contributed by atoms with E-state index in [-0.39, 0.29) is 11.2 Å². The molecule has 0 aliphatic rings. The van der Waals surface area contributed by atoms with Gasteiger partial charge >= 0.3 is 6.03 Å². The number of nitrogens with zero attached hydrogens (tertiary/aromatic N) is 2. The lowest BCUT2D eigenvalue weighted by Gasteiger charge is -2.18. The summed E-state index contributed by atoms with van der Waals surface area (Å²) in [6.45, 7) is 2.16. The van der Waals surface area contributed by atoms with Gasteiger partial charge in [-0.05, 0) is 25.5 Å². The highest BCUT2D eigenvalue weighted by molar-refractivity contribution is 6.32. The summed E-state index contributed by atoms with van der Waals surface area (Å²) >= 11 is 5.82. The Morgan fingerprint density at radius 3 is 3.00 bits per heavy atom. The van der Waals surface area contributed by atoms with E-state index in [0.717, 1.165) is 0 Å². The van der Waals surface area contributed by atoms with Crippen molar-refractivity contribution < 1.29 is 9.90 Å². The lowest BCUT2D eigenvalue weighted by Crippen LogP contribution is -2.33. The van der Waals surface area contributed by atoms with Crippen molar-refractivity contribution in [1.82, 2.24) is 9.88 Å². The number of halogens is 1. The van der Waals surface area contributed by atoms with Gasteiger partial charge in [0.15, 0.2) is 5.15 Å². The molecule has 0 spiro atoms. The van der Waals surface area contributed by atoms with Crippen LogP contribution in [0.3, 0.4) is 0 Å². The molecule has 0 radical (unpaired) electrons. The van der Waals surface area contributed by atoms with Crippen LogP contribution >= 0.6 is 11.6 Å². The molecule has 5 nitrogen and oxygen atoms in total. The van der Waals surface area contributed by atoms with Gasteiger partial charge in [0.05, 0.1) is 11.8 Å². The van der Waals surface area contributed by atoms with Crippen LogP contribution in [-0.4, -0.2) is 40.7 Å². The second kappa shape index (κ2) is 6.42. The second-order valence-corrected chi connectivity index (χ2v) is 4.19. The Kier molecular flexibility index (Phi) is 5.18. The minimum Gasteiger partial charge on any atom is -0.393 e. The molecule has 1 heterocycles. The van der Waals surface area contributed by atoms with Gasteiger partial charge in [-0.1, -0.05) is 11.6 Å². The largest absolute Gasteiger partial charge is 0.393 e. The van der Waals surface area contributed by atoms with E-state index in [1.165, 1.54) is 4.90 Å². The Bertz CT molecular complexity index is 385. The Morgan fingerprint density at radius 1 is 1.71 bits per heavy atom. The van der Waals surface area contributed by atoms with Crippen LogP contribution in [0, 0.1) is 0 Å². The summed E-state index contributed by atoms with van der Waals surface area (Å²) < 4.78 is 0. The van der Waals surface area contributed by atoms with Crippen molar-refractivity contribution in [2.75, 3.05) is 18.9 Å². The highest BCUT2D eigenvalue weighted by Gasteiger charge is 2.11. The van der Waals surface area contributed by atoms with Gasteiger partial charge in [0.1, 0.15) is 0 Å². The molecule has 6 heteroatoms. The van der Waals surface area contributed by atoms with Crippen LogP contribution in [0.4, 0.5) is 10.5 Å². The maximum Gasteiger partial charge on any atom is 0.321 e. The number of rotatable bonds is 4. The van der Waals surface area contributed by atoms with E-state index in [1.807, 2.05) is 0 Å². The Labute approximate surface area is 105 Å². The number of carbonyl (C=O) groups excluding carboxylic acids is 1. The van der Waals surface area contributed by atoms with Crippen LogP contribution in [0.5, 0.6) is 0 Å². The lowest BCUT2D eigenvalue weighted by molar-refractivity contribution is 0.167. The van der Waals surface area contributed by atoms with Crippen molar-refractivity contribution >= 4 is 23.3 Å².